The fraction of sp³-hybridized carbons (Fsp3) is 0.500. The van der Waals surface area contributed by atoms with E-state index in [4.69, 9.17) is 5.73 Å². The highest BCUT2D eigenvalue weighted by atomic mass is 79.9. The molecular weight excluding hydrogens is 396 g/mol. The van der Waals surface area contributed by atoms with E-state index in [1.165, 1.54) is 0 Å². The normalized spacial score (nSPS) is 24.8. The van der Waals surface area contributed by atoms with Gasteiger partial charge in [0.2, 0.25) is 10.0 Å². The van der Waals surface area contributed by atoms with Gasteiger partial charge in [0.25, 0.3) is 0 Å². The molecule has 4 nitrogen and oxygen atoms in total. The van der Waals surface area contributed by atoms with Crippen molar-refractivity contribution in [2.45, 2.75) is 31.2 Å². The maximum absolute atomic E-state index is 12.8. The summed E-state index contributed by atoms with van der Waals surface area (Å²) in [4.78, 5) is 0.252. The number of benzene rings is 1. The zero-order valence-electron chi connectivity index (χ0n) is 10.7. The van der Waals surface area contributed by atoms with Gasteiger partial charge < -0.3 is 5.73 Å². The summed E-state index contributed by atoms with van der Waals surface area (Å²) in [6.07, 6.45) is 0.892. The van der Waals surface area contributed by atoms with Crippen LogP contribution >= 0.6 is 31.9 Å². The molecule has 1 aliphatic heterocycles. The quantitative estimate of drug-likeness (QED) is 0.760. The molecular formula is C12H16Br2N2O2S. The van der Waals surface area contributed by atoms with E-state index in [1.54, 1.807) is 16.4 Å². The minimum atomic E-state index is -3.51. The van der Waals surface area contributed by atoms with Crippen molar-refractivity contribution in [2.75, 3.05) is 12.3 Å². The van der Waals surface area contributed by atoms with Crippen LogP contribution in [0.3, 0.4) is 0 Å². The molecule has 0 spiro atoms. The summed E-state index contributed by atoms with van der Waals surface area (Å²) in [6.45, 7) is 4.58. The Morgan fingerprint density at radius 1 is 1.26 bits per heavy atom. The van der Waals surface area contributed by atoms with Crippen LogP contribution in [0.2, 0.25) is 0 Å². The van der Waals surface area contributed by atoms with E-state index in [2.05, 4.69) is 38.8 Å². The Kier molecular flexibility index (Phi) is 4.30. The monoisotopic (exact) mass is 410 g/mol. The first kappa shape index (κ1) is 15.3. The van der Waals surface area contributed by atoms with Crippen molar-refractivity contribution in [3.05, 3.63) is 21.1 Å². The van der Waals surface area contributed by atoms with Crippen molar-refractivity contribution in [3.63, 3.8) is 0 Å². The van der Waals surface area contributed by atoms with Crippen molar-refractivity contribution >= 4 is 47.6 Å². The number of halogens is 2. The Labute approximate surface area is 130 Å². The molecule has 0 saturated carbocycles. The largest absolute Gasteiger partial charge is 0.399 e. The van der Waals surface area contributed by atoms with Crippen molar-refractivity contribution in [3.8, 4) is 0 Å². The molecule has 0 aliphatic carbocycles. The Balaban J connectivity index is 2.52. The van der Waals surface area contributed by atoms with Gasteiger partial charge in [0, 0.05) is 27.2 Å². The molecule has 7 heteroatoms. The van der Waals surface area contributed by atoms with Gasteiger partial charge >= 0.3 is 0 Å². The van der Waals surface area contributed by atoms with Gasteiger partial charge in [-0.15, -0.1) is 0 Å². The number of nitrogens with two attached hydrogens (primary N) is 1. The maximum atomic E-state index is 12.8. The second-order valence-electron chi connectivity index (χ2n) is 5.08. The van der Waals surface area contributed by atoms with Crippen LogP contribution in [0.1, 0.15) is 20.3 Å². The van der Waals surface area contributed by atoms with E-state index >= 15 is 0 Å². The molecule has 1 aliphatic rings. The van der Waals surface area contributed by atoms with Crippen LogP contribution in [-0.4, -0.2) is 25.3 Å². The minimum Gasteiger partial charge on any atom is -0.399 e. The molecule has 1 heterocycles. The molecule has 0 aromatic heterocycles. The highest BCUT2D eigenvalue weighted by molar-refractivity contribution is 9.11. The van der Waals surface area contributed by atoms with Crippen LogP contribution in [0, 0.1) is 5.92 Å². The first-order chi connectivity index (χ1) is 8.73. The fourth-order valence-electron chi connectivity index (χ4n) is 2.54. The average Bonchev–Trinajstić information content (AvgIpc) is 2.56. The summed E-state index contributed by atoms with van der Waals surface area (Å²) < 4.78 is 28.1. The smallest absolute Gasteiger partial charge is 0.245 e. The van der Waals surface area contributed by atoms with Gasteiger partial charge in [0.15, 0.2) is 0 Å². The Morgan fingerprint density at radius 3 is 2.21 bits per heavy atom. The van der Waals surface area contributed by atoms with Crippen LogP contribution in [-0.2, 0) is 10.0 Å². The third kappa shape index (κ3) is 2.84. The highest BCUT2D eigenvalue weighted by Gasteiger charge is 2.38. The number of anilines is 1. The average molecular weight is 412 g/mol. The van der Waals surface area contributed by atoms with Crippen molar-refractivity contribution in [2.24, 2.45) is 5.92 Å². The van der Waals surface area contributed by atoms with Gasteiger partial charge in [-0.25, -0.2) is 8.42 Å². The van der Waals surface area contributed by atoms with E-state index in [1.807, 2.05) is 6.92 Å². The summed E-state index contributed by atoms with van der Waals surface area (Å²) >= 11 is 6.60. The molecule has 1 fully saturated rings. The molecule has 0 bridgehead atoms. The Bertz CT molecular complexity index is 581. The second-order valence-corrected chi connectivity index (χ2v) is 8.61. The van der Waals surface area contributed by atoms with Crippen LogP contribution in [0.15, 0.2) is 26.0 Å². The summed E-state index contributed by atoms with van der Waals surface area (Å²) in [5.41, 5.74) is 6.22. The van der Waals surface area contributed by atoms with Gasteiger partial charge in [0.1, 0.15) is 4.90 Å². The molecule has 1 aromatic rings. The number of nitrogens with zero attached hydrogens (tertiary/aromatic N) is 1. The minimum absolute atomic E-state index is 0.0244. The summed E-state index contributed by atoms with van der Waals surface area (Å²) in [5.74, 6) is 0.385. The van der Waals surface area contributed by atoms with Crippen molar-refractivity contribution in [1.29, 1.82) is 0 Å². The predicted molar refractivity (Wildman–Crippen MR) is 83.4 cm³/mol. The fourth-order valence-corrected chi connectivity index (χ4v) is 6.84. The topological polar surface area (TPSA) is 63.4 Å². The van der Waals surface area contributed by atoms with Crippen molar-refractivity contribution < 1.29 is 8.42 Å². The number of sulfonamides is 1. The second kappa shape index (κ2) is 5.35. The summed E-state index contributed by atoms with van der Waals surface area (Å²) in [7, 11) is -3.51. The summed E-state index contributed by atoms with van der Waals surface area (Å²) in [5, 5.41) is 0. The molecule has 0 radical (unpaired) electrons. The molecule has 2 unspecified atom stereocenters. The molecule has 106 valence electrons. The van der Waals surface area contributed by atoms with Crippen molar-refractivity contribution in [1.82, 2.24) is 4.31 Å². The Morgan fingerprint density at radius 2 is 1.79 bits per heavy atom. The number of hydrogen-bond acceptors (Lipinski definition) is 3. The molecule has 2 rings (SSSR count). The predicted octanol–water partition coefficient (Wildman–Crippen LogP) is 3.21. The van der Waals surface area contributed by atoms with Crippen LogP contribution in [0.5, 0.6) is 0 Å². The standard InChI is InChI=1S/C12H16Br2N2O2S/c1-7-3-8(2)16(6-7)19(17,18)12-10(13)4-9(15)5-11(12)14/h4-5,7-8H,3,6,15H2,1-2H3. The first-order valence-electron chi connectivity index (χ1n) is 6.00. The van der Waals surface area contributed by atoms with Gasteiger partial charge in [-0.1, -0.05) is 6.92 Å². The Hall–Kier alpha value is -0.110. The van der Waals surface area contributed by atoms with Gasteiger partial charge in [-0.3, -0.25) is 0 Å². The van der Waals surface area contributed by atoms with Gasteiger partial charge in [-0.05, 0) is 63.3 Å². The van der Waals surface area contributed by atoms with E-state index in [0.717, 1.165) is 6.42 Å². The van der Waals surface area contributed by atoms with E-state index in [0.29, 0.717) is 27.1 Å². The maximum Gasteiger partial charge on any atom is 0.245 e. The number of hydrogen-bond donors (Lipinski definition) is 1. The van der Waals surface area contributed by atoms with Crippen LogP contribution < -0.4 is 5.73 Å². The zero-order valence-corrected chi connectivity index (χ0v) is 14.7. The van der Waals surface area contributed by atoms with Crippen LogP contribution in [0.25, 0.3) is 0 Å². The number of rotatable bonds is 2. The molecule has 1 saturated heterocycles. The lowest BCUT2D eigenvalue weighted by molar-refractivity contribution is 0.405. The summed E-state index contributed by atoms with van der Waals surface area (Å²) in [6, 6.07) is 3.25. The van der Waals surface area contributed by atoms with Crippen LogP contribution in [0.4, 0.5) is 5.69 Å². The lowest BCUT2D eigenvalue weighted by Gasteiger charge is -2.22. The zero-order chi connectivity index (χ0) is 14.4. The molecule has 2 atom stereocenters. The van der Waals surface area contributed by atoms with E-state index < -0.39 is 10.0 Å². The SMILES string of the molecule is CC1CC(C)N(S(=O)(=O)c2c(Br)cc(N)cc2Br)C1. The molecule has 1 aromatic carbocycles. The first-order valence-corrected chi connectivity index (χ1v) is 9.02. The molecule has 2 N–H and O–H groups in total. The van der Waals surface area contributed by atoms with E-state index in [9.17, 15) is 8.42 Å². The van der Waals surface area contributed by atoms with Gasteiger partial charge in [0.05, 0.1) is 0 Å². The lowest BCUT2D eigenvalue weighted by atomic mass is 10.1. The van der Waals surface area contributed by atoms with E-state index in [-0.39, 0.29) is 10.9 Å². The lowest BCUT2D eigenvalue weighted by Crippen LogP contribution is -2.34. The molecule has 0 amide bonds. The third-order valence-electron chi connectivity index (χ3n) is 3.31. The van der Waals surface area contributed by atoms with Gasteiger partial charge in [-0.2, -0.15) is 4.31 Å². The number of nitrogen functional groups attached to an aromatic ring is 1. The molecule has 19 heavy (non-hydrogen) atoms. The highest BCUT2D eigenvalue weighted by Crippen LogP contribution is 2.37. The third-order valence-corrected chi connectivity index (χ3v) is 7.17.